The molecule has 4 rings (SSSR count). The van der Waals surface area contributed by atoms with Crippen LogP contribution in [0.2, 0.25) is 0 Å². The average Bonchev–Trinajstić information content (AvgIpc) is 2.95. The highest BCUT2D eigenvalue weighted by atomic mass is 19.1. The van der Waals surface area contributed by atoms with Crippen molar-refractivity contribution < 1.29 is 14.3 Å². The molecule has 9 nitrogen and oxygen atoms in total. The third-order valence-corrected chi connectivity index (χ3v) is 5.40. The van der Waals surface area contributed by atoms with Crippen molar-refractivity contribution in [3.05, 3.63) is 45.8 Å². The van der Waals surface area contributed by atoms with Gasteiger partial charge in [-0.05, 0) is 37.5 Å². The summed E-state index contributed by atoms with van der Waals surface area (Å²) in [5.74, 6) is -1.36. The van der Waals surface area contributed by atoms with E-state index in [4.69, 9.17) is 10.8 Å². The molecule has 166 valence electrons. The fourth-order valence-corrected chi connectivity index (χ4v) is 3.54. The molecule has 0 spiro atoms. The number of halogens is 1. The van der Waals surface area contributed by atoms with Crippen molar-refractivity contribution in [3.8, 4) is 0 Å². The van der Waals surface area contributed by atoms with E-state index in [1.807, 2.05) is 0 Å². The Bertz CT molecular complexity index is 1160. The number of aromatic nitrogens is 4. The molecule has 0 unspecified atom stereocenters. The maximum atomic E-state index is 13.9. The smallest absolute Gasteiger partial charge is 0.329 e. The number of rotatable bonds is 3. The summed E-state index contributed by atoms with van der Waals surface area (Å²) >= 11 is 0. The van der Waals surface area contributed by atoms with Gasteiger partial charge in [0.1, 0.15) is 11.3 Å². The van der Waals surface area contributed by atoms with E-state index in [0.29, 0.717) is 22.4 Å². The molecular formula is C21H27FN6O3. The number of hydrogen-bond acceptors (Lipinski definition) is 6. The molecule has 1 fully saturated rings. The van der Waals surface area contributed by atoms with E-state index in [1.165, 1.54) is 40.7 Å². The fraction of sp³-hybridized carbons (Fsp3) is 0.429. The fourth-order valence-electron chi connectivity index (χ4n) is 3.54. The van der Waals surface area contributed by atoms with Gasteiger partial charge in [-0.3, -0.25) is 13.9 Å². The zero-order valence-corrected chi connectivity index (χ0v) is 17.9. The number of fused-ring (bicyclic) bond motifs is 1. The van der Waals surface area contributed by atoms with Crippen LogP contribution in [0.3, 0.4) is 0 Å². The van der Waals surface area contributed by atoms with Gasteiger partial charge in [0.2, 0.25) is 5.95 Å². The molecule has 1 aromatic carbocycles. The van der Waals surface area contributed by atoms with Crippen LogP contribution in [-0.2, 0) is 14.1 Å². The second-order valence-electron chi connectivity index (χ2n) is 7.73. The Morgan fingerprint density at radius 3 is 2.48 bits per heavy atom. The number of primary amides is 1. The van der Waals surface area contributed by atoms with Gasteiger partial charge in [-0.2, -0.15) is 4.98 Å². The van der Waals surface area contributed by atoms with Crippen molar-refractivity contribution in [1.82, 2.24) is 19.1 Å². The number of hydrogen-bond donors (Lipinski definition) is 3. The summed E-state index contributed by atoms with van der Waals surface area (Å²) in [5, 5.41) is 11.8. The molecule has 0 aliphatic heterocycles. The summed E-state index contributed by atoms with van der Waals surface area (Å²) in [6.45, 7) is 1.70. The lowest BCUT2D eigenvalue weighted by Crippen LogP contribution is -2.19. The van der Waals surface area contributed by atoms with Crippen LogP contribution in [0, 0.1) is 12.7 Å². The number of benzene rings is 1. The van der Waals surface area contributed by atoms with Crippen LogP contribution in [0.5, 0.6) is 0 Å². The molecule has 0 radical (unpaired) electrons. The quantitative estimate of drug-likeness (QED) is 0.585. The van der Waals surface area contributed by atoms with E-state index < -0.39 is 11.7 Å². The molecule has 0 bridgehead atoms. The number of aryl methyl sites for hydroxylation is 3. The highest BCUT2D eigenvalue weighted by molar-refractivity contribution is 5.94. The Morgan fingerprint density at radius 2 is 1.90 bits per heavy atom. The van der Waals surface area contributed by atoms with E-state index in [9.17, 15) is 14.0 Å². The molecule has 10 heteroatoms. The minimum atomic E-state index is -0.834. The number of imidazole rings is 1. The minimum absolute atomic E-state index is 0.0359. The predicted molar refractivity (Wildman–Crippen MR) is 116 cm³/mol. The highest BCUT2D eigenvalue weighted by Crippen LogP contribution is 2.23. The van der Waals surface area contributed by atoms with Crippen molar-refractivity contribution in [1.29, 1.82) is 0 Å². The molecule has 2 aromatic heterocycles. The van der Waals surface area contributed by atoms with Crippen LogP contribution < -0.4 is 16.7 Å². The van der Waals surface area contributed by atoms with Gasteiger partial charge in [-0.25, -0.2) is 14.2 Å². The number of aliphatic hydroxyl groups is 1. The summed E-state index contributed by atoms with van der Waals surface area (Å²) in [6, 6.07) is 2.52. The molecule has 2 heterocycles. The first-order valence-electron chi connectivity index (χ1n) is 10.1. The lowest BCUT2D eigenvalue weighted by Gasteiger charge is -2.14. The van der Waals surface area contributed by atoms with Crippen LogP contribution in [0.25, 0.3) is 11.2 Å². The Hall–Kier alpha value is -3.27. The van der Waals surface area contributed by atoms with Gasteiger partial charge in [0, 0.05) is 19.8 Å². The van der Waals surface area contributed by atoms with Crippen LogP contribution in [0.15, 0.2) is 23.1 Å². The third-order valence-electron chi connectivity index (χ3n) is 5.40. The predicted octanol–water partition coefficient (Wildman–Crippen LogP) is 2.27. The van der Waals surface area contributed by atoms with Gasteiger partial charge in [0.25, 0.3) is 5.91 Å². The van der Waals surface area contributed by atoms with Crippen LogP contribution in [0.4, 0.5) is 16.0 Å². The number of carbonyl (C=O) groups is 1. The Balaban J connectivity index is 0.000000330. The zero-order chi connectivity index (χ0) is 22.7. The van der Waals surface area contributed by atoms with E-state index in [2.05, 4.69) is 15.3 Å². The molecule has 0 saturated heterocycles. The molecule has 1 saturated carbocycles. The number of nitrogens with zero attached hydrogens (tertiary/aromatic N) is 4. The molecular weight excluding hydrogens is 403 g/mol. The van der Waals surface area contributed by atoms with Crippen molar-refractivity contribution in [2.45, 2.75) is 45.1 Å². The molecule has 3 aromatic rings. The Kier molecular flexibility index (Phi) is 6.69. The number of aliphatic hydroxyl groups excluding tert-OH is 1. The van der Waals surface area contributed by atoms with Gasteiger partial charge in [0.15, 0.2) is 5.65 Å². The van der Waals surface area contributed by atoms with Gasteiger partial charge in [-0.1, -0.05) is 19.3 Å². The monoisotopic (exact) mass is 430 g/mol. The zero-order valence-electron chi connectivity index (χ0n) is 17.9. The van der Waals surface area contributed by atoms with Gasteiger partial charge in [0.05, 0.1) is 17.9 Å². The van der Waals surface area contributed by atoms with Crippen molar-refractivity contribution in [2.75, 3.05) is 5.32 Å². The highest BCUT2D eigenvalue weighted by Gasteiger charge is 2.14. The van der Waals surface area contributed by atoms with E-state index in [0.717, 1.165) is 18.9 Å². The van der Waals surface area contributed by atoms with E-state index >= 15 is 0 Å². The maximum Gasteiger partial charge on any atom is 0.329 e. The Labute approximate surface area is 178 Å². The van der Waals surface area contributed by atoms with E-state index in [-0.39, 0.29) is 23.3 Å². The van der Waals surface area contributed by atoms with Crippen molar-refractivity contribution in [3.63, 3.8) is 0 Å². The van der Waals surface area contributed by atoms with E-state index in [1.54, 1.807) is 21.0 Å². The number of amides is 1. The summed E-state index contributed by atoms with van der Waals surface area (Å²) in [7, 11) is 3.23. The molecule has 4 N–H and O–H groups in total. The first-order chi connectivity index (χ1) is 14.7. The SMILES string of the molecule is Cc1cc(C(N)=O)c(F)cc1Nc1ncc2c(n1)n(C)c(=O)n2C.OC1CCCCC1. The van der Waals surface area contributed by atoms with Gasteiger partial charge in [-0.15, -0.1) is 0 Å². The topological polar surface area (TPSA) is 128 Å². The molecule has 1 aliphatic carbocycles. The average molecular weight is 430 g/mol. The molecule has 1 aliphatic rings. The summed E-state index contributed by atoms with van der Waals surface area (Å²) in [6.07, 6.45) is 7.43. The molecule has 0 atom stereocenters. The summed E-state index contributed by atoms with van der Waals surface area (Å²) < 4.78 is 16.8. The first kappa shape index (κ1) is 22.4. The van der Waals surface area contributed by atoms with Crippen molar-refractivity contribution in [2.24, 2.45) is 19.8 Å². The number of carbonyl (C=O) groups excluding carboxylic acids is 1. The lowest BCUT2D eigenvalue weighted by atomic mass is 9.98. The summed E-state index contributed by atoms with van der Waals surface area (Å²) in [4.78, 5) is 31.5. The first-order valence-corrected chi connectivity index (χ1v) is 10.1. The normalized spacial score (nSPS) is 14.2. The van der Waals surface area contributed by atoms with Gasteiger partial charge >= 0.3 is 5.69 Å². The van der Waals surface area contributed by atoms with Crippen LogP contribution in [0.1, 0.15) is 48.0 Å². The molecule has 31 heavy (non-hydrogen) atoms. The maximum absolute atomic E-state index is 13.9. The minimum Gasteiger partial charge on any atom is -0.393 e. The third kappa shape index (κ3) is 4.91. The van der Waals surface area contributed by atoms with Crippen molar-refractivity contribution >= 4 is 28.7 Å². The number of nitrogens with one attached hydrogen (secondary N) is 1. The van der Waals surface area contributed by atoms with Crippen LogP contribution >= 0.6 is 0 Å². The molecule has 1 amide bonds. The lowest BCUT2D eigenvalue weighted by molar-refractivity contribution is 0.0996. The largest absolute Gasteiger partial charge is 0.393 e. The Morgan fingerprint density at radius 1 is 1.23 bits per heavy atom. The second kappa shape index (κ2) is 9.25. The second-order valence-corrected chi connectivity index (χ2v) is 7.73. The van der Waals surface area contributed by atoms with Gasteiger partial charge < -0.3 is 16.2 Å². The van der Waals surface area contributed by atoms with Crippen LogP contribution in [-0.4, -0.2) is 36.2 Å². The standard InChI is InChI=1S/C15H15FN6O2.C6H12O/c1-7-4-8(12(17)23)9(16)5-10(7)19-14-18-6-11-13(20-14)22(3)15(24)21(11)2;7-6-4-2-1-3-5-6/h4-6H,1-3H3,(H2,17,23)(H,18,19,20);6-7H,1-5H2. The number of nitrogens with two attached hydrogens (primary N) is 1. The summed E-state index contributed by atoms with van der Waals surface area (Å²) in [5.41, 5.74) is 6.77. The number of anilines is 2.